The number of benzene rings is 2. The lowest BCUT2D eigenvalue weighted by Crippen LogP contribution is -2.14. The van der Waals surface area contributed by atoms with E-state index in [2.05, 4.69) is 32.9 Å². The minimum atomic E-state index is -0.338. The van der Waals surface area contributed by atoms with Gasteiger partial charge < -0.3 is 5.32 Å². The number of carbonyl (C=O) groups excluding carboxylic acids is 1. The SMILES string of the molecule is Cc1nc2cc(F)ccc2cc1C(=O)Nc1ccc(I)cc1. The summed E-state index contributed by atoms with van der Waals surface area (Å²) in [6.45, 7) is 1.74. The molecule has 1 aromatic heterocycles. The zero-order valence-corrected chi connectivity index (χ0v) is 13.9. The van der Waals surface area contributed by atoms with Gasteiger partial charge in [0.05, 0.1) is 16.8 Å². The molecule has 0 saturated heterocycles. The molecule has 110 valence electrons. The van der Waals surface area contributed by atoms with E-state index in [4.69, 9.17) is 0 Å². The van der Waals surface area contributed by atoms with Crippen molar-refractivity contribution in [1.29, 1.82) is 0 Å². The zero-order valence-electron chi connectivity index (χ0n) is 11.7. The molecule has 0 aliphatic rings. The summed E-state index contributed by atoms with van der Waals surface area (Å²) in [5.74, 6) is -0.562. The van der Waals surface area contributed by atoms with Crippen molar-refractivity contribution in [2.45, 2.75) is 6.92 Å². The van der Waals surface area contributed by atoms with Gasteiger partial charge in [0, 0.05) is 20.7 Å². The van der Waals surface area contributed by atoms with Crippen molar-refractivity contribution in [3.8, 4) is 0 Å². The first-order valence-electron chi connectivity index (χ1n) is 6.67. The molecule has 0 spiro atoms. The van der Waals surface area contributed by atoms with Gasteiger partial charge in [0.2, 0.25) is 0 Å². The number of carbonyl (C=O) groups is 1. The number of pyridine rings is 1. The minimum Gasteiger partial charge on any atom is -0.322 e. The number of aryl methyl sites for hydroxylation is 1. The van der Waals surface area contributed by atoms with E-state index in [1.165, 1.54) is 12.1 Å². The van der Waals surface area contributed by atoms with Crippen LogP contribution in [0.5, 0.6) is 0 Å². The van der Waals surface area contributed by atoms with Crippen LogP contribution in [0.3, 0.4) is 0 Å². The van der Waals surface area contributed by atoms with Gasteiger partial charge in [-0.25, -0.2) is 4.39 Å². The molecule has 5 heteroatoms. The molecule has 0 unspecified atom stereocenters. The lowest BCUT2D eigenvalue weighted by Gasteiger charge is -2.09. The van der Waals surface area contributed by atoms with Crippen LogP contribution in [0.25, 0.3) is 10.9 Å². The lowest BCUT2D eigenvalue weighted by molar-refractivity contribution is 0.102. The largest absolute Gasteiger partial charge is 0.322 e. The third-order valence-corrected chi connectivity index (χ3v) is 4.04. The van der Waals surface area contributed by atoms with E-state index in [9.17, 15) is 9.18 Å². The van der Waals surface area contributed by atoms with Crippen LogP contribution in [0, 0.1) is 16.3 Å². The molecule has 3 aromatic rings. The highest BCUT2D eigenvalue weighted by Gasteiger charge is 2.12. The predicted octanol–water partition coefficient (Wildman–Crippen LogP) is 4.54. The first kappa shape index (κ1) is 14.9. The third kappa shape index (κ3) is 3.09. The highest BCUT2D eigenvalue weighted by molar-refractivity contribution is 14.1. The van der Waals surface area contributed by atoms with Gasteiger partial charge in [-0.15, -0.1) is 0 Å². The van der Waals surface area contributed by atoms with Crippen LogP contribution >= 0.6 is 22.6 Å². The summed E-state index contributed by atoms with van der Waals surface area (Å²) in [7, 11) is 0. The lowest BCUT2D eigenvalue weighted by atomic mass is 10.1. The Hall–Kier alpha value is -2.02. The highest BCUT2D eigenvalue weighted by Crippen LogP contribution is 2.19. The van der Waals surface area contributed by atoms with E-state index in [1.54, 1.807) is 19.1 Å². The number of amides is 1. The van der Waals surface area contributed by atoms with E-state index in [-0.39, 0.29) is 11.7 Å². The molecule has 3 rings (SSSR count). The van der Waals surface area contributed by atoms with Gasteiger partial charge in [-0.2, -0.15) is 0 Å². The first-order chi connectivity index (χ1) is 10.5. The number of hydrogen-bond donors (Lipinski definition) is 1. The summed E-state index contributed by atoms with van der Waals surface area (Å²) in [4.78, 5) is 16.7. The van der Waals surface area contributed by atoms with Crippen molar-refractivity contribution in [2.24, 2.45) is 0 Å². The molecule has 0 atom stereocenters. The second kappa shape index (κ2) is 6.00. The molecule has 1 amide bonds. The Morgan fingerprint density at radius 1 is 1.14 bits per heavy atom. The number of rotatable bonds is 2. The van der Waals surface area contributed by atoms with E-state index in [1.807, 2.05) is 24.3 Å². The average molecular weight is 406 g/mol. The highest BCUT2D eigenvalue weighted by atomic mass is 127. The van der Waals surface area contributed by atoms with Crippen molar-refractivity contribution in [2.75, 3.05) is 5.32 Å². The maximum Gasteiger partial charge on any atom is 0.257 e. The van der Waals surface area contributed by atoms with Crippen LogP contribution in [-0.2, 0) is 0 Å². The van der Waals surface area contributed by atoms with Crippen molar-refractivity contribution in [1.82, 2.24) is 4.98 Å². The van der Waals surface area contributed by atoms with Crippen LogP contribution < -0.4 is 5.32 Å². The van der Waals surface area contributed by atoms with Crippen LogP contribution in [0.2, 0.25) is 0 Å². The van der Waals surface area contributed by atoms with Gasteiger partial charge in [0.25, 0.3) is 5.91 Å². The number of aromatic nitrogens is 1. The van der Waals surface area contributed by atoms with E-state index < -0.39 is 0 Å². The Morgan fingerprint density at radius 3 is 2.59 bits per heavy atom. The molecule has 1 N–H and O–H groups in total. The molecule has 0 aliphatic carbocycles. The zero-order chi connectivity index (χ0) is 15.7. The fourth-order valence-electron chi connectivity index (χ4n) is 2.20. The normalized spacial score (nSPS) is 10.7. The Morgan fingerprint density at radius 2 is 1.86 bits per heavy atom. The molecule has 0 aliphatic heterocycles. The number of nitrogens with one attached hydrogen (secondary N) is 1. The van der Waals surface area contributed by atoms with Crippen LogP contribution in [-0.4, -0.2) is 10.9 Å². The number of nitrogens with zero attached hydrogens (tertiary/aromatic N) is 1. The second-order valence-electron chi connectivity index (χ2n) is 4.92. The second-order valence-corrected chi connectivity index (χ2v) is 6.17. The Labute approximate surface area is 140 Å². The summed E-state index contributed by atoms with van der Waals surface area (Å²) in [6, 6.07) is 13.6. The van der Waals surface area contributed by atoms with Gasteiger partial charge in [-0.1, -0.05) is 0 Å². The van der Waals surface area contributed by atoms with Crippen molar-refractivity contribution < 1.29 is 9.18 Å². The predicted molar refractivity (Wildman–Crippen MR) is 93.6 cm³/mol. The van der Waals surface area contributed by atoms with Crippen molar-refractivity contribution >= 4 is 45.1 Å². The van der Waals surface area contributed by atoms with Gasteiger partial charge in [0.1, 0.15) is 5.82 Å². The number of hydrogen-bond acceptors (Lipinski definition) is 2. The van der Waals surface area contributed by atoms with E-state index >= 15 is 0 Å². The number of anilines is 1. The van der Waals surface area contributed by atoms with Gasteiger partial charge in [0.15, 0.2) is 0 Å². The third-order valence-electron chi connectivity index (χ3n) is 3.32. The maximum absolute atomic E-state index is 13.2. The summed E-state index contributed by atoms with van der Waals surface area (Å²) in [5.41, 5.74) is 2.33. The van der Waals surface area contributed by atoms with Gasteiger partial charge in [-0.05, 0) is 72.0 Å². The fraction of sp³-hybridized carbons (Fsp3) is 0.0588. The van der Waals surface area contributed by atoms with Crippen molar-refractivity contribution in [3.05, 3.63) is 69.2 Å². The molecule has 0 fully saturated rings. The van der Waals surface area contributed by atoms with Gasteiger partial charge >= 0.3 is 0 Å². The molecular weight excluding hydrogens is 394 g/mol. The molecule has 22 heavy (non-hydrogen) atoms. The molecule has 3 nitrogen and oxygen atoms in total. The number of fused-ring (bicyclic) bond motifs is 1. The average Bonchev–Trinajstić information content (AvgIpc) is 2.48. The van der Waals surface area contributed by atoms with E-state index in [0.717, 1.165) is 14.6 Å². The van der Waals surface area contributed by atoms with Crippen molar-refractivity contribution in [3.63, 3.8) is 0 Å². The molecule has 0 bridgehead atoms. The molecule has 1 heterocycles. The molecule has 0 radical (unpaired) electrons. The molecular formula is C17H12FIN2O. The van der Waals surface area contributed by atoms with Crippen LogP contribution in [0.1, 0.15) is 16.1 Å². The maximum atomic E-state index is 13.2. The Bertz CT molecular complexity index is 862. The smallest absolute Gasteiger partial charge is 0.257 e. The minimum absolute atomic E-state index is 0.225. The summed E-state index contributed by atoms with van der Waals surface area (Å²) in [6.07, 6.45) is 0. The van der Waals surface area contributed by atoms with Crippen LogP contribution in [0.15, 0.2) is 48.5 Å². The summed E-state index contributed by atoms with van der Waals surface area (Å²) >= 11 is 2.21. The quantitative estimate of drug-likeness (QED) is 0.636. The monoisotopic (exact) mass is 406 g/mol. The molecule has 0 saturated carbocycles. The summed E-state index contributed by atoms with van der Waals surface area (Å²) < 4.78 is 14.3. The molecule has 2 aromatic carbocycles. The summed E-state index contributed by atoms with van der Waals surface area (Å²) in [5, 5.41) is 3.58. The Kier molecular flexibility index (Phi) is 4.06. The van der Waals surface area contributed by atoms with E-state index in [0.29, 0.717) is 16.8 Å². The first-order valence-corrected chi connectivity index (χ1v) is 7.74. The fourth-order valence-corrected chi connectivity index (χ4v) is 2.56. The topological polar surface area (TPSA) is 42.0 Å². The number of halogens is 2. The van der Waals surface area contributed by atoms with Gasteiger partial charge in [-0.3, -0.25) is 9.78 Å². The Balaban J connectivity index is 1.94. The van der Waals surface area contributed by atoms with Crippen LogP contribution in [0.4, 0.5) is 10.1 Å². The standard InChI is InChI=1S/C17H12FIN2O/c1-10-15(8-11-2-3-12(18)9-16(11)20-10)17(22)21-14-6-4-13(19)5-7-14/h2-9H,1H3,(H,21,22).